The maximum atomic E-state index is 13.7. The van der Waals surface area contributed by atoms with Crippen LogP contribution in [0.2, 0.25) is 0 Å². The van der Waals surface area contributed by atoms with E-state index >= 15 is 0 Å². The first-order valence-electron chi connectivity index (χ1n) is 12.1. The van der Waals surface area contributed by atoms with Crippen LogP contribution in [0.1, 0.15) is 36.4 Å². The molecule has 2 aromatic carbocycles. The van der Waals surface area contributed by atoms with Crippen molar-refractivity contribution in [1.82, 2.24) is 9.97 Å². The van der Waals surface area contributed by atoms with Crippen LogP contribution >= 0.6 is 11.3 Å². The van der Waals surface area contributed by atoms with Gasteiger partial charge in [0.2, 0.25) is 0 Å². The molecule has 6 heteroatoms. The molecule has 1 atom stereocenters. The zero-order valence-electron chi connectivity index (χ0n) is 19.9. The van der Waals surface area contributed by atoms with E-state index in [1.54, 1.807) is 11.3 Å². The Morgan fingerprint density at radius 1 is 1.03 bits per heavy atom. The van der Waals surface area contributed by atoms with Crippen LogP contribution in [-0.4, -0.2) is 23.1 Å². The van der Waals surface area contributed by atoms with Crippen molar-refractivity contribution in [3.63, 3.8) is 0 Å². The van der Waals surface area contributed by atoms with Crippen molar-refractivity contribution < 1.29 is 4.39 Å². The Bertz CT molecular complexity index is 1290. The molecule has 1 fully saturated rings. The van der Waals surface area contributed by atoms with Gasteiger partial charge in [0.05, 0.1) is 16.6 Å². The van der Waals surface area contributed by atoms with Gasteiger partial charge in [-0.25, -0.2) is 14.4 Å². The molecule has 1 aliphatic heterocycles. The van der Waals surface area contributed by atoms with Crippen molar-refractivity contribution in [2.45, 2.75) is 32.2 Å². The molecule has 4 aromatic rings. The summed E-state index contributed by atoms with van der Waals surface area (Å²) in [5, 5.41) is 4.58. The number of halogens is 1. The molecule has 1 N–H and O–H groups in total. The lowest BCUT2D eigenvalue weighted by atomic mass is 10.0. The Morgan fingerprint density at radius 3 is 2.49 bits per heavy atom. The molecule has 2 aromatic heterocycles. The van der Waals surface area contributed by atoms with Gasteiger partial charge in [-0.1, -0.05) is 47.7 Å². The van der Waals surface area contributed by atoms with E-state index in [4.69, 9.17) is 4.98 Å². The molecule has 0 saturated carbocycles. The number of thiazole rings is 1. The van der Waals surface area contributed by atoms with Crippen molar-refractivity contribution in [3.05, 3.63) is 96.5 Å². The fourth-order valence-corrected chi connectivity index (χ4v) is 5.75. The van der Waals surface area contributed by atoms with Crippen molar-refractivity contribution in [2.75, 3.05) is 23.3 Å². The highest BCUT2D eigenvalue weighted by molar-refractivity contribution is 7.19. The van der Waals surface area contributed by atoms with Crippen LogP contribution in [-0.2, 0) is 0 Å². The van der Waals surface area contributed by atoms with Gasteiger partial charge in [0.1, 0.15) is 11.6 Å². The summed E-state index contributed by atoms with van der Waals surface area (Å²) in [5.74, 6) is 0.568. The van der Waals surface area contributed by atoms with Gasteiger partial charge in [0, 0.05) is 36.0 Å². The number of hydrogen-bond acceptors (Lipinski definition) is 5. The number of nitrogens with one attached hydrogen (secondary N) is 1. The van der Waals surface area contributed by atoms with Gasteiger partial charge < -0.3 is 10.2 Å². The van der Waals surface area contributed by atoms with Crippen LogP contribution in [0, 0.1) is 12.7 Å². The fourth-order valence-electron chi connectivity index (χ4n) is 4.53. The summed E-state index contributed by atoms with van der Waals surface area (Å²) in [6, 6.07) is 18.8. The van der Waals surface area contributed by atoms with E-state index in [9.17, 15) is 4.39 Å². The lowest BCUT2D eigenvalue weighted by molar-refractivity contribution is 0.577. The highest BCUT2D eigenvalue weighted by atomic mass is 32.1. The van der Waals surface area contributed by atoms with Gasteiger partial charge in [-0.15, -0.1) is 6.58 Å². The molecule has 0 spiro atoms. The number of piperidine rings is 1. The zero-order valence-corrected chi connectivity index (χ0v) is 20.7. The molecule has 5 rings (SSSR count). The topological polar surface area (TPSA) is 41.1 Å². The van der Waals surface area contributed by atoms with Gasteiger partial charge in [-0.05, 0) is 62.1 Å². The molecule has 0 amide bonds. The first-order chi connectivity index (χ1) is 17.1. The average molecular weight is 485 g/mol. The Kier molecular flexibility index (Phi) is 6.91. The summed E-state index contributed by atoms with van der Waals surface area (Å²) in [4.78, 5) is 13.2. The number of rotatable bonds is 7. The maximum absolute atomic E-state index is 13.7. The molecule has 4 nitrogen and oxygen atoms in total. The average Bonchev–Trinajstić information content (AvgIpc) is 3.35. The van der Waals surface area contributed by atoms with E-state index in [1.165, 1.54) is 31.4 Å². The highest BCUT2D eigenvalue weighted by Gasteiger charge is 2.22. The molecule has 35 heavy (non-hydrogen) atoms. The number of anilines is 2. The van der Waals surface area contributed by atoms with Crippen molar-refractivity contribution in [3.8, 4) is 21.7 Å². The van der Waals surface area contributed by atoms with E-state index in [0.717, 1.165) is 56.9 Å². The van der Waals surface area contributed by atoms with Crippen molar-refractivity contribution in [1.29, 1.82) is 0 Å². The Morgan fingerprint density at radius 2 is 1.77 bits per heavy atom. The summed E-state index contributed by atoms with van der Waals surface area (Å²) < 4.78 is 13.7. The predicted molar refractivity (Wildman–Crippen MR) is 145 cm³/mol. The summed E-state index contributed by atoms with van der Waals surface area (Å²) >= 11 is 1.71. The zero-order chi connectivity index (χ0) is 24.2. The fraction of sp³-hybridized carbons (Fsp3) is 0.241. The first kappa shape index (κ1) is 23.2. The Hall–Kier alpha value is -3.51. The monoisotopic (exact) mass is 484 g/mol. The molecule has 0 radical (unpaired) electrons. The number of pyridine rings is 1. The minimum absolute atomic E-state index is 0.0559. The number of hydrogen-bond donors (Lipinski definition) is 1. The molecule has 1 saturated heterocycles. The van der Waals surface area contributed by atoms with Crippen molar-refractivity contribution >= 4 is 22.3 Å². The van der Waals surface area contributed by atoms with Crippen molar-refractivity contribution in [2.24, 2.45) is 0 Å². The van der Waals surface area contributed by atoms with Crippen LogP contribution in [0.3, 0.4) is 0 Å². The number of nitrogens with zero attached hydrogens (tertiary/aromatic N) is 3. The minimum Gasteiger partial charge on any atom is -0.360 e. The Labute approximate surface area is 210 Å². The molecular formula is C29H29FN4S. The smallest absolute Gasteiger partial charge is 0.186 e. The van der Waals surface area contributed by atoms with E-state index in [1.807, 2.05) is 48.7 Å². The Balaban J connectivity index is 1.56. The van der Waals surface area contributed by atoms with Gasteiger partial charge in [-0.2, -0.15) is 0 Å². The molecule has 1 aliphatic rings. The van der Waals surface area contributed by atoms with E-state index in [2.05, 4.69) is 40.8 Å². The third-order valence-corrected chi connectivity index (χ3v) is 7.64. The number of benzene rings is 2. The standard InChI is InChI=1S/C29H29FN4S/c1-3-25(21-10-6-4-7-11-21)32-28-20(2)24(16-17-31-28)27-26(22-12-14-23(30)15-13-22)33-29(35-27)34-18-8-5-9-19-34/h3-4,6-7,10-17,25H,1,5,8-9,18-19H2,2H3,(H,31,32)/t25-/m0/s1. The molecular weight excluding hydrogens is 455 g/mol. The van der Waals surface area contributed by atoms with Gasteiger partial charge in [0.25, 0.3) is 0 Å². The highest BCUT2D eigenvalue weighted by Crippen LogP contribution is 2.43. The maximum Gasteiger partial charge on any atom is 0.186 e. The second-order valence-electron chi connectivity index (χ2n) is 8.83. The molecule has 0 bridgehead atoms. The predicted octanol–water partition coefficient (Wildman–Crippen LogP) is 7.65. The van der Waals surface area contributed by atoms with Crippen LogP contribution < -0.4 is 10.2 Å². The number of aromatic nitrogens is 2. The largest absolute Gasteiger partial charge is 0.360 e. The SMILES string of the molecule is C=C[C@H](Nc1nccc(-c2sc(N3CCCCC3)nc2-c2ccc(F)cc2)c1C)c1ccccc1. The van der Waals surface area contributed by atoms with Gasteiger partial charge in [-0.3, -0.25) is 0 Å². The summed E-state index contributed by atoms with van der Waals surface area (Å²) in [6.07, 6.45) is 7.37. The quantitative estimate of drug-likeness (QED) is 0.274. The van der Waals surface area contributed by atoms with Crippen LogP contribution in [0.5, 0.6) is 0 Å². The molecule has 178 valence electrons. The van der Waals surface area contributed by atoms with Gasteiger partial charge in [0.15, 0.2) is 5.13 Å². The van der Waals surface area contributed by atoms with E-state index < -0.39 is 0 Å². The lowest BCUT2D eigenvalue weighted by Crippen LogP contribution is -2.29. The third-order valence-electron chi connectivity index (χ3n) is 6.50. The first-order valence-corrected chi connectivity index (χ1v) is 12.9. The minimum atomic E-state index is -0.246. The van der Waals surface area contributed by atoms with Crippen LogP contribution in [0.4, 0.5) is 15.3 Å². The summed E-state index contributed by atoms with van der Waals surface area (Å²) in [6.45, 7) is 8.16. The van der Waals surface area contributed by atoms with E-state index in [0.29, 0.717) is 0 Å². The van der Waals surface area contributed by atoms with E-state index in [-0.39, 0.29) is 11.9 Å². The van der Waals surface area contributed by atoms with Gasteiger partial charge >= 0.3 is 0 Å². The summed E-state index contributed by atoms with van der Waals surface area (Å²) in [7, 11) is 0. The molecule has 0 aliphatic carbocycles. The second-order valence-corrected chi connectivity index (χ2v) is 9.81. The molecule has 3 heterocycles. The van der Waals surface area contributed by atoms with Crippen LogP contribution in [0.25, 0.3) is 21.7 Å². The second kappa shape index (κ2) is 10.4. The summed E-state index contributed by atoms with van der Waals surface area (Å²) in [5.41, 5.74) is 5.07. The third kappa shape index (κ3) is 4.98. The lowest BCUT2D eigenvalue weighted by Gasteiger charge is -2.25. The normalized spacial score (nSPS) is 14.5. The molecule has 0 unspecified atom stereocenters. The van der Waals surface area contributed by atoms with Crippen LogP contribution in [0.15, 0.2) is 79.5 Å².